The van der Waals surface area contributed by atoms with Gasteiger partial charge in [0.2, 0.25) is 10.0 Å². The average Bonchev–Trinajstić information content (AvgIpc) is 2.36. The predicted molar refractivity (Wildman–Crippen MR) is 71.8 cm³/mol. The van der Waals surface area contributed by atoms with Gasteiger partial charge in [-0.25, -0.2) is 21.9 Å². The zero-order valence-corrected chi connectivity index (χ0v) is 12.3. The molecule has 20 heavy (non-hydrogen) atoms. The first-order chi connectivity index (χ1) is 9.33. The zero-order chi connectivity index (χ0) is 15.2. The van der Waals surface area contributed by atoms with Crippen molar-refractivity contribution in [2.24, 2.45) is 5.92 Å². The first kappa shape index (κ1) is 17.0. The molecule has 0 atom stereocenters. The molecule has 114 valence electrons. The Hall–Kier alpha value is -1.05. The standard InChI is InChI=1S/C13H19F2NO3S/c1-10(2)9-19-7-3-6-16-20(17,18)11-4-5-12(14)13(15)8-11/h4-5,8,10,16H,3,6-7,9H2,1-2H3. The molecule has 1 rings (SSSR count). The van der Waals surface area contributed by atoms with Crippen molar-refractivity contribution in [2.45, 2.75) is 25.2 Å². The lowest BCUT2D eigenvalue weighted by molar-refractivity contribution is 0.108. The fourth-order valence-corrected chi connectivity index (χ4v) is 2.51. The van der Waals surface area contributed by atoms with Crippen LogP contribution in [0.3, 0.4) is 0 Å². The molecule has 0 spiro atoms. The highest BCUT2D eigenvalue weighted by atomic mass is 32.2. The number of hydrogen-bond acceptors (Lipinski definition) is 3. The smallest absolute Gasteiger partial charge is 0.240 e. The topological polar surface area (TPSA) is 55.4 Å². The lowest BCUT2D eigenvalue weighted by atomic mass is 10.2. The van der Waals surface area contributed by atoms with E-state index < -0.39 is 21.7 Å². The van der Waals surface area contributed by atoms with Gasteiger partial charge in [-0.15, -0.1) is 0 Å². The van der Waals surface area contributed by atoms with Crippen LogP contribution in [-0.4, -0.2) is 28.2 Å². The molecule has 0 aliphatic heterocycles. The molecular weight excluding hydrogens is 288 g/mol. The highest BCUT2D eigenvalue weighted by molar-refractivity contribution is 7.89. The van der Waals surface area contributed by atoms with E-state index in [1.165, 1.54) is 0 Å². The van der Waals surface area contributed by atoms with Crippen LogP contribution in [-0.2, 0) is 14.8 Å². The third-order valence-electron chi connectivity index (χ3n) is 2.41. The molecule has 0 heterocycles. The van der Waals surface area contributed by atoms with E-state index in [0.29, 0.717) is 31.6 Å². The van der Waals surface area contributed by atoms with Gasteiger partial charge < -0.3 is 4.74 Å². The Balaban J connectivity index is 2.43. The van der Waals surface area contributed by atoms with Gasteiger partial charge in [-0.05, 0) is 30.5 Å². The molecule has 0 amide bonds. The summed E-state index contributed by atoms with van der Waals surface area (Å²) in [5.74, 6) is -1.84. The number of rotatable bonds is 8. The maximum Gasteiger partial charge on any atom is 0.240 e. The van der Waals surface area contributed by atoms with Crippen molar-refractivity contribution in [3.8, 4) is 0 Å². The van der Waals surface area contributed by atoms with Crippen LogP contribution in [0.5, 0.6) is 0 Å². The molecule has 0 unspecified atom stereocenters. The number of sulfonamides is 1. The average molecular weight is 307 g/mol. The maximum absolute atomic E-state index is 13.0. The molecule has 0 saturated heterocycles. The zero-order valence-electron chi connectivity index (χ0n) is 11.5. The summed E-state index contributed by atoms with van der Waals surface area (Å²) in [6.07, 6.45) is 0.510. The van der Waals surface area contributed by atoms with E-state index in [0.717, 1.165) is 12.1 Å². The summed E-state index contributed by atoms with van der Waals surface area (Å²) in [5.41, 5.74) is 0. The molecule has 0 aliphatic carbocycles. The van der Waals surface area contributed by atoms with Crippen LogP contribution in [0.4, 0.5) is 8.78 Å². The van der Waals surface area contributed by atoms with Crippen LogP contribution < -0.4 is 4.72 Å². The van der Waals surface area contributed by atoms with Crippen molar-refractivity contribution >= 4 is 10.0 Å². The van der Waals surface area contributed by atoms with Gasteiger partial charge in [0.05, 0.1) is 4.90 Å². The van der Waals surface area contributed by atoms with Crippen LogP contribution in [0, 0.1) is 17.6 Å². The van der Waals surface area contributed by atoms with Crippen LogP contribution in [0.2, 0.25) is 0 Å². The highest BCUT2D eigenvalue weighted by Crippen LogP contribution is 2.13. The van der Waals surface area contributed by atoms with Gasteiger partial charge in [-0.3, -0.25) is 0 Å². The number of hydrogen-bond donors (Lipinski definition) is 1. The minimum atomic E-state index is -3.82. The van der Waals surface area contributed by atoms with Gasteiger partial charge in [0.1, 0.15) is 0 Å². The van der Waals surface area contributed by atoms with Crippen molar-refractivity contribution in [2.75, 3.05) is 19.8 Å². The monoisotopic (exact) mass is 307 g/mol. The second-order valence-corrected chi connectivity index (χ2v) is 6.56. The van der Waals surface area contributed by atoms with Crippen LogP contribution in [0.25, 0.3) is 0 Å². The minimum Gasteiger partial charge on any atom is -0.381 e. The Bertz CT molecular complexity index is 532. The Morgan fingerprint density at radius 1 is 1.25 bits per heavy atom. The van der Waals surface area contributed by atoms with Crippen molar-refractivity contribution in [1.82, 2.24) is 4.72 Å². The van der Waals surface area contributed by atoms with Crippen molar-refractivity contribution in [3.05, 3.63) is 29.8 Å². The molecule has 0 radical (unpaired) electrons. The summed E-state index contributed by atoms with van der Waals surface area (Å²) in [7, 11) is -3.82. The highest BCUT2D eigenvalue weighted by Gasteiger charge is 2.15. The quantitative estimate of drug-likeness (QED) is 0.750. The first-order valence-corrected chi connectivity index (χ1v) is 7.83. The summed E-state index contributed by atoms with van der Waals surface area (Å²) in [4.78, 5) is -0.292. The SMILES string of the molecule is CC(C)COCCCNS(=O)(=O)c1ccc(F)c(F)c1. The lowest BCUT2D eigenvalue weighted by Gasteiger charge is -2.08. The first-order valence-electron chi connectivity index (χ1n) is 6.35. The van der Waals surface area contributed by atoms with Gasteiger partial charge in [0.25, 0.3) is 0 Å². The number of benzene rings is 1. The molecule has 0 fully saturated rings. The van der Waals surface area contributed by atoms with Crippen LogP contribution in [0.1, 0.15) is 20.3 Å². The predicted octanol–water partition coefficient (Wildman–Crippen LogP) is 2.31. The number of halogens is 2. The van der Waals surface area contributed by atoms with E-state index in [-0.39, 0.29) is 11.4 Å². The molecule has 4 nitrogen and oxygen atoms in total. The van der Waals surface area contributed by atoms with Gasteiger partial charge in [-0.2, -0.15) is 0 Å². The van der Waals surface area contributed by atoms with Crippen molar-refractivity contribution in [1.29, 1.82) is 0 Å². The molecule has 0 saturated carbocycles. The Morgan fingerprint density at radius 3 is 2.55 bits per heavy atom. The fourth-order valence-electron chi connectivity index (χ4n) is 1.43. The molecule has 1 N–H and O–H groups in total. The Labute approximate surface area is 118 Å². The van der Waals surface area contributed by atoms with E-state index >= 15 is 0 Å². The second kappa shape index (κ2) is 7.66. The normalized spacial score (nSPS) is 12.1. The third kappa shape index (κ3) is 5.52. The Kier molecular flexibility index (Phi) is 6.51. The maximum atomic E-state index is 13.0. The van der Waals surface area contributed by atoms with Gasteiger partial charge in [0.15, 0.2) is 11.6 Å². The Morgan fingerprint density at radius 2 is 1.95 bits per heavy atom. The molecule has 0 aromatic heterocycles. The lowest BCUT2D eigenvalue weighted by Crippen LogP contribution is -2.26. The molecule has 0 bridgehead atoms. The molecule has 1 aromatic rings. The van der Waals surface area contributed by atoms with Crippen LogP contribution in [0.15, 0.2) is 23.1 Å². The van der Waals surface area contributed by atoms with Gasteiger partial charge >= 0.3 is 0 Å². The van der Waals surface area contributed by atoms with E-state index in [9.17, 15) is 17.2 Å². The summed E-state index contributed by atoms with van der Waals surface area (Å²) in [5, 5.41) is 0. The molecular formula is C13H19F2NO3S. The number of ether oxygens (including phenoxy) is 1. The van der Waals surface area contributed by atoms with E-state index in [2.05, 4.69) is 4.72 Å². The molecule has 0 aliphatic rings. The summed E-state index contributed by atoms with van der Waals surface area (Å²) in [6.45, 7) is 5.28. The molecule has 7 heteroatoms. The second-order valence-electron chi connectivity index (χ2n) is 4.80. The van der Waals surface area contributed by atoms with Crippen LogP contribution >= 0.6 is 0 Å². The van der Waals surface area contributed by atoms with E-state index in [1.807, 2.05) is 13.8 Å². The largest absolute Gasteiger partial charge is 0.381 e. The van der Waals surface area contributed by atoms with E-state index in [1.54, 1.807) is 0 Å². The molecule has 1 aromatic carbocycles. The number of nitrogens with one attached hydrogen (secondary N) is 1. The van der Waals surface area contributed by atoms with Crippen molar-refractivity contribution < 1.29 is 21.9 Å². The summed E-state index contributed by atoms with van der Waals surface area (Å²) >= 11 is 0. The summed E-state index contributed by atoms with van der Waals surface area (Å²) < 4.78 is 56.9. The fraction of sp³-hybridized carbons (Fsp3) is 0.538. The summed E-state index contributed by atoms with van der Waals surface area (Å²) in [6, 6.07) is 2.47. The van der Waals surface area contributed by atoms with Crippen molar-refractivity contribution in [3.63, 3.8) is 0 Å². The van der Waals surface area contributed by atoms with Gasteiger partial charge in [0, 0.05) is 19.8 Å². The minimum absolute atomic E-state index is 0.180. The van der Waals surface area contributed by atoms with E-state index in [4.69, 9.17) is 4.74 Å². The van der Waals surface area contributed by atoms with Gasteiger partial charge in [-0.1, -0.05) is 13.8 Å². The third-order valence-corrected chi connectivity index (χ3v) is 3.87.